The van der Waals surface area contributed by atoms with Gasteiger partial charge in [0.2, 0.25) is 11.8 Å². The van der Waals surface area contributed by atoms with Crippen molar-refractivity contribution in [3.05, 3.63) is 53.6 Å². The van der Waals surface area contributed by atoms with Crippen molar-refractivity contribution in [1.29, 1.82) is 0 Å². The summed E-state index contributed by atoms with van der Waals surface area (Å²) in [6.07, 6.45) is 14.2. The number of unbranched alkanes of at least 4 members (excludes halogenated alkanes) is 1. The van der Waals surface area contributed by atoms with Crippen molar-refractivity contribution >= 4 is 70.5 Å². The minimum atomic E-state index is -1.14. The molecule has 0 bridgehead atoms. The van der Waals surface area contributed by atoms with Crippen LogP contribution in [0.1, 0.15) is 100 Å². The first-order chi connectivity index (χ1) is 31.6. The van der Waals surface area contributed by atoms with Crippen molar-refractivity contribution in [2.24, 2.45) is 29.2 Å². The van der Waals surface area contributed by atoms with E-state index in [9.17, 15) is 43.5 Å². The topological polar surface area (TPSA) is 286 Å². The van der Waals surface area contributed by atoms with Crippen LogP contribution >= 0.6 is 12.6 Å². The second-order valence-corrected chi connectivity index (χ2v) is 19.7. The van der Waals surface area contributed by atoms with Crippen LogP contribution in [0, 0.1) is 30.1 Å². The molecule has 66 heavy (non-hydrogen) atoms. The second kappa shape index (κ2) is 30.3. The summed E-state index contributed by atoms with van der Waals surface area (Å²) in [6, 6.07) is 4.39. The van der Waals surface area contributed by atoms with E-state index in [2.05, 4.69) is 49.8 Å². The number of Topliss-reactive ketones (excluding diaryl/α,β-unsaturated/α-hetero) is 4. The molecule has 17 nitrogen and oxygen atoms in total. The van der Waals surface area contributed by atoms with Crippen molar-refractivity contribution in [3.63, 3.8) is 0 Å². The van der Waals surface area contributed by atoms with Gasteiger partial charge in [-0.25, -0.2) is 9.78 Å². The summed E-state index contributed by atoms with van der Waals surface area (Å²) < 4.78 is 0. The molecule has 3 rings (SSSR count). The smallest absolute Gasteiger partial charge is 0.312 e. The molecule has 4 amide bonds. The van der Waals surface area contributed by atoms with Crippen LogP contribution in [0.3, 0.4) is 0 Å². The van der Waals surface area contributed by atoms with Crippen LogP contribution in [-0.4, -0.2) is 118 Å². The van der Waals surface area contributed by atoms with Gasteiger partial charge in [0.1, 0.15) is 17.3 Å². The number of benzene rings is 1. The minimum absolute atomic E-state index is 0.0543. The van der Waals surface area contributed by atoms with Crippen molar-refractivity contribution in [2.75, 3.05) is 37.4 Å². The highest BCUT2D eigenvalue weighted by Crippen LogP contribution is 2.21. The molecule has 10 N–H and O–H groups in total. The number of urea groups is 1. The molecule has 0 radical (unpaired) electrons. The average Bonchev–Trinajstić information content (AvgIpc) is 4.03. The largest absolute Gasteiger partial charge is 0.481 e. The maximum absolute atomic E-state index is 14.1. The van der Waals surface area contributed by atoms with Crippen LogP contribution in [0.15, 0.2) is 36.8 Å². The summed E-state index contributed by atoms with van der Waals surface area (Å²) >= 11 is 4.37. The SMILES string of the molecule is C#CCCC(=O)Cc1ccc(C[S+](C)CC[C@H](CC(=O)[C@H](CCCNC(N)=O)NC(=O)[C@H](CCCCN)CC(=O)[C@H](CS)NC(=O)[C@@H](CC(=O)[C@@H]2CCCN2)Cc2cnc[nH]2)C(=O)O)cc1. The number of primary amides is 1. The number of hydrogen-bond donors (Lipinski definition) is 9. The number of aromatic amines is 1. The fraction of sp³-hybridized carbons (Fsp3) is 0.596. The fourth-order valence-corrected chi connectivity index (χ4v) is 9.72. The van der Waals surface area contributed by atoms with Gasteiger partial charge in [-0.1, -0.05) is 30.7 Å². The van der Waals surface area contributed by atoms with Crippen molar-refractivity contribution in [2.45, 2.75) is 120 Å². The Morgan fingerprint density at radius 2 is 1.61 bits per heavy atom. The number of carbonyl (C=O) groups is 8. The first-order valence-electron chi connectivity index (χ1n) is 22.7. The van der Waals surface area contributed by atoms with Gasteiger partial charge in [-0.2, -0.15) is 12.6 Å². The van der Waals surface area contributed by atoms with E-state index in [0.29, 0.717) is 68.8 Å². The number of rotatable bonds is 34. The Kier molecular flexibility index (Phi) is 25.4. The number of ketones is 4. The first-order valence-corrected chi connectivity index (χ1v) is 25.3. The Hall–Kier alpha value is -5.03. The number of carboxylic acid groups (broad SMARTS) is 1. The Bertz CT molecular complexity index is 1940. The maximum Gasteiger partial charge on any atom is 0.312 e. The third kappa shape index (κ3) is 20.6. The zero-order valence-corrected chi connectivity index (χ0v) is 39.7. The summed E-state index contributed by atoms with van der Waals surface area (Å²) in [5, 5.41) is 21.4. The molecule has 2 aromatic rings. The van der Waals surface area contributed by atoms with Crippen LogP contribution in [0.25, 0.3) is 0 Å². The molecule has 1 aliphatic heterocycles. The monoisotopic (exact) mass is 953 g/mol. The van der Waals surface area contributed by atoms with Gasteiger partial charge in [0, 0.05) is 87.0 Å². The third-order valence-corrected chi connectivity index (χ3v) is 13.8. The van der Waals surface area contributed by atoms with E-state index in [1.807, 2.05) is 30.5 Å². The number of thiol groups is 1. The number of amides is 4. The van der Waals surface area contributed by atoms with E-state index in [1.54, 1.807) is 6.20 Å². The number of nitrogens with two attached hydrogens (primary N) is 2. The lowest BCUT2D eigenvalue weighted by molar-refractivity contribution is -0.144. The predicted molar refractivity (Wildman–Crippen MR) is 257 cm³/mol. The van der Waals surface area contributed by atoms with Crippen LogP contribution in [0.4, 0.5) is 4.79 Å². The molecule has 0 saturated carbocycles. The van der Waals surface area contributed by atoms with Crippen LogP contribution in [0.5, 0.6) is 0 Å². The van der Waals surface area contributed by atoms with E-state index in [1.165, 1.54) is 6.33 Å². The molecule has 1 aromatic heterocycles. The number of hydrogen-bond acceptors (Lipinski definition) is 12. The molecule has 1 aromatic carbocycles. The lowest BCUT2D eigenvalue weighted by Gasteiger charge is -2.25. The Morgan fingerprint density at radius 3 is 2.23 bits per heavy atom. The number of nitrogens with zero attached hydrogens (tertiary/aromatic N) is 1. The highest BCUT2D eigenvalue weighted by molar-refractivity contribution is 7.95. The lowest BCUT2D eigenvalue weighted by Crippen LogP contribution is -2.48. The number of nitrogens with one attached hydrogen (secondary N) is 5. The van der Waals surface area contributed by atoms with Crippen molar-refractivity contribution < 1.29 is 43.5 Å². The predicted octanol–water partition coefficient (Wildman–Crippen LogP) is 2.36. The zero-order chi connectivity index (χ0) is 48.4. The quantitative estimate of drug-likeness (QED) is 0.0212. The molecular formula is C47H69N8O9S2+. The lowest BCUT2D eigenvalue weighted by atomic mass is 9.90. The van der Waals surface area contributed by atoms with E-state index in [0.717, 1.165) is 17.5 Å². The average molecular weight is 954 g/mol. The summed E-state index contributed by atoms with van der Waals surface area (Å²) in [7, 11) is -0.244. The molecule has 1 fully saturated rings. The summed E-state index contributed by atoms with van der Waals surface area (Å²) in [4.78, 5) is 112. The zero-order valence-electron chi connectivity index (χ0n) is 38.0. The maximum atomic E-state index is 14.1. The second-order valence-electron chi connectivity index (χ2n) is 17.0. The van der Waals surface area contributed by atoms with Gasteiger partial charge >= 0.3 is 12.0 Å². The number of terminal acetylenes is 1. The van der Waals surface area contributed by atoms with Gasteiger partial charge in [-0.05, 0) is 68.1 Å². The fourth-order valence-electron chi connectivity index (χ4n) is 7.83. The van der Waals surface area contributed by atoms with E-state index in [4.69, 9.17) is 17.9 Å². The van der Waals surface area contributed by atoms with Crippen LogP contribution in [-0.2, 0) is 63.1 Å². The number of imidazole rings is 1. The summed E-state index contributed by atoms with van der Waals surface area (Å²) in [5.74, 6) is -2.41. The Labute approximate surface area is 396 Å². The van der Waals surface area contributed by atoms with Crippen LogP contribution in [0.2, 0.25) is 0 Å². The summed E-state index contributed by atoms with van der Waals surface area (Å²) in [5.41, 5.74) is 13.6. The molecule has 7 atom stereocenters. The molecule has 2 heterocycles. The van der Waals surface area contributed by atoms with Gasteiger partial charge in [0.05, 0.1) is 42.5 Å². The van der Waals surface area contributed by atoms with Gasteiger partial charge in [0.25, 0.3) is 0 Å². The van der Waals surface area contributed by atoms with Gasteiger partial charge in [-0.3, -0.25) is 33.6 Å². The third-order valence-electron chi connectivity index (χ3n) is 11.7. The molecule has 19 heteroatoms. The van der Waals surface area contributed by atoms with E-state index in [-0.39, 0.29) is 92.2 Å². The Morgan fingerprint density at radius 1 is 0.924 bits per heavy atom. The molecule has 362 valence electrons. The van der Waals surface area contributed by atoms with E-state index >= 15 is 0 Å². The standard InChI is InChI=1S/C47H68N8O9S2/c1-3-4-10-37(56)22-31-13-15-32(16-14-31)29-66(2)21-17-34(46(62)63)25-42(58)39(12-8-20-52-47(49)64)54-44(60)33(9-5-6-18-48)24-43(59)40(28-65)55-45(61)35(23-36-27-50-30-53-36)26-41(57)38-11-7-19-51-38/h1,13-16,27,30,33-35,38-40,51H,4-12,17-26,28-29,48H2,2H3,(H7-,49,50,52,53,54,55,60,61,62,63,64,65)/p+1/t33-,34-,35-,38+,39+,40+,66?/m1/s1. The molecule has 0 spiro atoms. The van der Waals surface area contributed by atoms with Crippen molar-refractivity contribution in [3.8, 4) is 12.3 Å². The molecule has 1 aliphatic rings. The number of carbonyl (C=O) groups excluding carboxylic acids is 7. The van der Waals surface area contributed by atoms with Gasteiger partial charge in [0.15, 0.2) is 17.3 Å². The first kappa shape index (κ1) is 55.3. The highest BCUT2D eigenvalue weighted by atomic mass is 32.2. The number of carboxylic acids is 1. The normalized spacial score (nSPS) is 16.1. The number of aromatic nitrogens is 2. The molecular weight excluding hydrogens is 885 g/mol. The van der Waals surface area contributed by atoms with Gasteiger partial charge < -0.3 is 42.8 Å². The van der Waals surface area contributed by atoms with Crippen molar-refractivity contribution in [1.82, 2.24) is 31.2 Å². The van der Waals surface area contributed by atoms with Crippen LogP contribution < -0.4 is 32.7 Å². The van der Waals surface area contributed by atoms with Gasteiger partial charge in [-0.15, -0.1) is 12.3 Å². The number of aliphatic carboxylic acids is 1. The van der Waals surface area contributed by atoms with E-state index < -0.39 is 65.2 Å². The number of H-pyrrole nitrogens is 1. The molecule has 1 unspecified atom stereocenters. The molecule has 0 aliphatic carbocycles. The highest BCUT2D eigenvalue weighted by Gasteiger charge is 2.34. The molecule has 1 saturated heterocycles. The minimum Gasteiger partial charge on any atom is -0.481 e. The summed E-state index contributed by atoms with van der Waals surface area (Å²) in [6.45, 7) is 1.16. The Balaban J connectivity index is 1.70.